The predicted molar refractivity (Wildman–Crippen MR) is 299 cm³/mol. The average molecular weight is 1290 g/mol. The Labute approximate surface area is 505 Å². The molecule has 0 saturated heterocycles. The fraction of sp³-hybridized carbons (Fsp3) is 0.258. The molecule has 0 aliphatic heterocycles. The Morgan fingerprint density at radius 1 is 0.396 bits per heavy atom. The van der Waals surface area contributed by atoms with Crippen molar-refractivity contribution in [3.8, 4) is 23.0 Å². The number of ether oxygens (including phenoxy) is 1. The van der Waals surface area contributed by atoms with E-state index >= 15 is 52.7 Å². The second kappa shape index (κ2) is 24.5. The van der Waals surface area contributed by atoms with Gasteiger partial charge in [-0.15, -0.1) is 0 Å². The summed E-state index contributed by atoms with van der Waals surface area (Å²) in [4.78, 5) is 77.7. The van der Waals surface area contributed by atoms with Crippen LogP contribution < -0.4 is 26.0 Å². The first-order valence-electron chi connectivity index (χ1n) is 26.8. The van der Waals surface area contributed by atoms with E-state index in [1.165, 1.54) is 36.4 Å². The number of hydrogen-bond donors (Lipinski definition) is 8. The maximum absolute atomic E-state index is 15.4. The minimum absolute atomic E-state index is 0. The van der Waals surface area contributed by atoms with Crippen LogP contribution in [0.4, 0.5) is 75.4 Å². The van der Waals surface area contributed by atoms with Gasteiger partial charge in [0.15, 0.2) is 0 Å². The van der Waals surface area contributed by atoms with Gasteiger partial charge in [0.2, 0.25) is 22.6 Å². The number of carbonyl (C=O) groups is 6. The Hall–Kier alpha value is -9.90. The van der Waals surface area contributed by atoms with Crippen molar-refractivity contribution < 1.29 is 118 Å². The molecule has 8 unspecified atom stereocenters. The summed E-state index contributed by atoms with van der Waals surface area (Å²) in [6.45, 7) is 0. The third-order valence-electron chi connectivity index (χ3n) is 16.7. The van der Waals surface area contributed by atoms with Gasteiger partial charge in [-0.3, -0.25) is 28.8 Å². The van der Waals surface area contributed by atoms with Crippen LogP contribution in [0.5, 0.6) is 23.0 Å². The summed E-state index contributed by atoms with van der Waals surface area (Å²) in [6, 6.07) is 17.3. The highest BCUT2D eigenvalue weighted by atomic mass is 19.4. The number of fused-ring (bicyclic) bond motifs is 4. The number of hydrogen-bond acceptors (Lipinski definition) is 9. The molecule has 4 aliphatic rings. The van der Waals surface area contributed by atoms with Gasteiger partial charge in [-0.1, -0.05) is 60.7 Å². The van der Waals surface area contributed by atoms with Gasteiger partial charge < -0.3 is 57.4 Å². The lowest BCUT2D eigenvalue weighted by Crippen LogP contribution is -2.54. The number of carbonyl (C=O) groups excluding carboxylic acids is 4. The standard InChI is InChI=1S/C62H46F12N4O11.2H2O/c63-59(64,65)57(60(66,67)68,36-4-2-6-40(26-36)76-53(83)47-31-7-9-33(23-31)49(47)55(85)86)35-3-1-5-39(25-35)75-51(81)29-11-17-41(18-12-29)89-42-19-13-30(14-20-42)52(82)77-43-27-37(15-21-45(43)79)58(61(69,70)71,62(72,73)74)38-16-22-46(80)44(28-38)78-54(84)48-32-8-10-34(24-32)50(48)56(87)88;;/h1-22,25-28,31-34,47-50,79-80H,23-24H2,(H,75,81)(H,76,83)(H,77,82)(H,78,84)(H,85,86)(H,87,88);2*1H2. The highest BCUT2D eigenvalue weighted by Gasteiger charge is 2.74. The summed E-state index contributed by atoms with van der Waals surface area (Å²) in [5.41, 5.74) is -18.9. The van der Waals surface area contributed by atoms with Crippen LogP contribution in [0.15, 0.2) is 158 Å². The lowest BCUT2D eigenvalue weighted by molar-refractivity contribution is -0.290. The Balaban J connectivity index is 0.00000534. The molecule has 10 rings (SSSR count). The molecule has 12 N–H and O–H groups in total. The zero-order valence-electron chi connectivity index (χ0n) is 46.2. The zero-order valence-corrected chi connectivity index (χ0v) is 46.2. The molecule has 4 amide bonds. The monoisotopic (exact) mass is 1290 g/mol. The van der Waals surface area contributed by atoms with Crippen molar-refractivity contribution >= 4 is 58.3 Å². The van der Waals surface area contributed by atoms with Gasteiger partial charge in [-0.2, -0.15) is 52.7 Å². The summed E-state index contributed by atoms with van der Waals surface area (Å²) < 4.78 is 190. The third kappa shape index (κ3) is 12.0. The molecule has 0 radical (unpaired) electrons. The fourth-order valence-electron chi connectivity index (χ4n) is 12.7. The van der Waals surface area contributed by atoms with Crippen LogP contribution >= 0.6 is 0 Å². The number of aromatic hydroxyl groups is 2. The van der Waals surface area contributed by atoms with Crippen LogP contribution in [0.2, 0.25) is 0 Å². The number of carboxylic acid groups (broad SMARTS) is 2. The van der Waals surface area contributed by atoms with Crippen LogP contribution in [-0.4, -0.2) is 91.7 Å². The summed E-state index contributed by atoms with van der Waals surface area (Å²) in [5, 5.41) is 49.6. The first-order valence-corrected chi connectivity index (χ1v) is 26.8. The zero-order chi connectivity index (χ0) is 64.5. The highest BCUT2D eigenvalue weighted by Crippen LogP contribution is 2.60. The molecule has 29 heteroatoms. The quantitative estimate of drug-likeness (QED) is 0.0256. The number of allylic oxidation sites excluding steroid dienone is 4. The van der Waals surface area contributed by atoms with Crippen LogP contribution in [0.1, 0.15) is 55.8 Å². The number of alkyl halides is 12. The molecule has 2 saturated carbocycles. The smallest absolute Gasteiger partial charge is 0.411 e. The maximum atomic E-state index is 15.4. The summed E-state index contributed by atoms with van der Waals surface area (Å²) in [5.74, 6) is -15.8. The Morgan fingerprint density at radius 3 is 1.10 bits per heavy atom. The first kappa shape index (κ1) is 67.0. The minimum atomic E-state index is -6.26. The Bertz CT molecular complexity index is 3860. The predicted octanol–water partition coefficient (Wildman–Crippen LogP) is 11.5. The second-order valence-corrected chi connectivity index (χ2v) is 21.8. The third-order valence-corrected chi connectivity index (χ3v) is 16.7. The number of nitrogens with one attached hydrogen (secondary N) is 4. The van der Waals surface area contributed by atoms with Gasteiger partial charge in [0.05, 0.1) is 35.0 Å². The molecule has 0 spiro atoms. The molecule has 4 aliphatic carbocycles. The topological polar surface area (TPSA) is 304 Å². The van der Waals surface area contributed by atoms with Gasteiger partial charge in [0, 0.05) is 22.5 Å². The van der Waals surface area contributed by atoms with E-state index in [0.717, 1.165) is 36.4 Å². The van der Waals surface area contributed by atoms with Gasteiger partial charge in [-0.05, 0) is 156 Å². The molecular weight excluding hydrogens is 1240 g/mol. The van der Waals surface area contributed by atoms with Crippen molar-refractivity contribution in [1.82, 2.24) is 0 Å². The van der Waals surface area contributed by atoms with Crippen molar-refractivity contribution in [1.29, 1.82) is 0 Å². The maximum Gasteiger partial charge on any atom is 0.411 e. The van der Waals surface area contributed by atoms with Gasteiger partial charge in [0.25, 0.3) is 11.8 Å². The molecule has 0 heterocycles. The number of aliphatic carboxylic acids is 2. The molecule has 17 nitrogen and oxygen atoms in total. The number of benzene rings is 6. The fourth-order valence-corrected chi connectivity index (χ4v) is 12.7. The molecule has 6 aromatic rings. The summed E-state index contributed by atoms with van der Waals surface area (Å²) in [6.07, 6.45) is -17.7. The average Bonchev–Trinajstić information content (AvgIpc) is 1.69. The highest BCUT2D eigenvalue weighted by molar-refractivity contribution is 6.06. The van der Waals surface area contributed by atoms with E-state index in [1.807, 2.05) is 0 Å². The van der Waals surface area contributed by atoms with Crippen LogP contribution in [0.3, 0.4) is 0 Å². The van der Waals surface area contributed by atoms with E-state index in [0.29, 0.717) is 55.0 Å². The first-order chi connectivity index (χ1) is 41.7. The summed E-state index contributed by atoms with van der Waals surface area (Å²) in [7, 11) is 0. The molecule has 480 valence electrons. The van der Waals surface area contributed by atoms with E-state index in [-0.39, 0.29) is 52.1 Å². The van der Waals surface area contributed by atoms with Crippen LogP contribution in [0.25, 0.3) is 0 Å². The van der Waals surface area contributed by atoms with Crippen molar-refractivity contribution in [2.45, 2.75) is 48.4 Å². The molecule has 8 atom stereocenters. The van der Waals surface area contributed by atoms with E-state index in [9.17, 15) is 49.2 Å². The Morgan fingerprint density at radius 2 is 0.725 bits per heavy atom. The normalized spacial score (nSPS) is 20.8. The molecular formula is C62H50F12N4O13. The van der Waals surface area contributed by atoms with Crippen molar-refractivity contribution in [2.24, 2.45) is 47.3 Å². The number of anilines is 4. The Kier molecular flexibility index (Phi) is 18.0. The number of amides is 4. The molecule has 2 fully saturated rings. The lowest BCUT2D eigenvalue weighted by atomic mass is 9.72. The van der Waals surface area contributed by atoms with Crippen LogP contribution in [0, 0.1) is 47.3 Å². The molecule has 6 aromatic carbocycles. The van der Waals surface area contributed by atoms with E-state index in [1.54, 1.807) is 24.3 Å². The lowest BCUT2D eigenvalue weighted by Gasteiger charge is -2.38. The van der Waals surface area contributed by atoms with E-state index < -0.39 is 175 Å². The van der Waals surface area contributed by atoms with E-state index in [2.05, 4.69) is 21.3 Å². The second-order valence-electron chi connectivity index (χ2n) is 21.8. The molecule has 91 heavy (non-hydrogen) atoms. The molecule has 0 aromatic heterocycles. The van der Waals surface area contributed by atoms with Crippen LogP contribution in [-0.2, 0) is 30.0 Å². The number of rotatable bonds is 16. The number of halogens is 12. The van der Waals surface area contributed by atoms with Crippen molar-refractivity contribution in [2.75, 3.05) is 21.3 Å². The minimum Gasteiger partial charge on any atom is -0.506 e. The van der Waals surface area contributed by atoms with Gasteiger partial charge >= 0.3 is 36.6 Å². The van der Waals surface area contributed by atoms with Gasteiger partial charge in [-0.25, -0.2) is 0 Å². The van der Waals surface area contributed by atoms with Crippen molar-refractivity contribution in [3.63, 3.8) is 0 Å². The number of phenols is 2. The summed E-state index contributed by atoms with van der Waals surface area (Å²) >= 11 is 0. The van der Waals surface area contributed by atoms with Crippen molar-refractivity contribution in [3.05, 3.63) is 191 Å². The van der Waals surface area contributed by atoms with E-state index in [4.69, 9.17) is 4.74 Å². The number of phenolic OH excluding ortho intramolecular Hbond substituents is 2. The SMILES string of the molecule is O.O.O=C(Nc1cccc(C(c2cccc(NC(=O)C3C4C=CC(C4)C3C(=O)O)c2)(C(F)(F)F)C(F)(F)F)c1)c1ccc(Oc2ccc(C(=O)Nc3cc(C(c4ccc(O)c(NC(=O)C5C6C=CC(C6)C5C(=O)O)c4)(C(F)(F)F)C(F)(F)F)ccc3O)cc2)cc1. The molecule has 4 bridgehead atoms. The largest absolute Gasteiger partial charge is 0.506 e. The number of carboxylic acids is 2. The van der Waals surface area contributed by atoms with Gasteiger partial charge in [0.1, 0.15) is 23.0 Å².